The van der Waals surface area contributed by atoms with Gasteiger partial charge in [-0.15, -0.1) is 11.3 Å². The second-order valence-corrected chi connectivity index (χ2v) is 8.95. The molecule has 0 radical (unpaired) electrons. The van der Waals surface area contributed by atoms with Gasteiger partial charge in [0.2, 0.25) is 5.91 Å². The normalized spacial score (nSPS) is 16.4. The van der Waals surface area contributed by atoms with Crippen molar-refractivity contribution in [3.8, 4) is 21.1 Å². The molecular weight excluding hydrogens is 422 g/mol. The van der Waals surface area contributed by atoms with Gasteiger partial charge in [-0.3, -0.25) is 9.78 Å². The summed E-state index contributed by atoms with van der Waals surface area (Å²) in [5.41, 5.74) is 9.63. The van der Waals surface area contributed by atoms with Crippen molar-refractivity contribution in [2.75, 3.05) is 18.8 Å². The highest BCUT2D eigenvalue weighted by Gasteiger charge is 2.28. The molecule has 8 nitrogen and oxygen atoms in total. The van der Waals surface area contributed by atoms with Gasteiger partial charge in [0.25, 0.3) is 0 Å². The Hall–Kier alpha value is -3.59. The number of amides is 1. The maximum absolute atomic E-state index is 12.2. The van der Waals surface area contributed by atoms with Crippen molar-refractivity contribution in [2.45, 2.75) is 25.8 Å². The Bertz CT molecular complexity index is 1330. The molecule has 5 heterocycles. The first-order chi connectivity index (χ1) is 15.5. The van der Waals surface area contributed by atoms with Gasteiger partial charge in [-0.1, -0.05) is 12.6 Å². The van der Waals surface area contributed by atoms with E-state index < -0.39 is 0 Å². The van der Waals surface area contributed by atoms with Crippen LogP contribution in [0.4, 0.5) is 5.82 Å². The molecule has 0 bridgehead atoms. The Balaban J connectivity index is 1.58. The average Bonchev–Trinajstić information content (AvgIpc) is 3.44. The number of anilines is 1. The summed E-state index contributed by atoms with van der Waals surface area (Å²) >= 11 is 1.61. The van der Waals surface area contributed by atoms with Gasteiger partial charge in [0.15, 0.2) is 5.65 Å². The molecule has 0 saturated carbocycles. The van der Waals surface area contributed by atoms with Gasteiger partial charge < -0.3 is 10.6 Å². The molecule has 1 aliphatic rings. The summed E-state index contributed by atoms with van der Waals surface area (Å²) in [4.78, 5) is 29.4. The van der Waals surface area contributed by atoms with Crippen LogP contribution in [0.3, 0.4) is 0 Å². The Morgan fingerprint density at radius 2 is 2.09 bits per heavy atom. The topological polar surface area (TPSA) is 103 Å². The predicted molar refractivity (Wildman–Crippen MR) is 126 cm³/mol. The standard InChI is InChI=1S/C23H23N7OS/c1-3-19(31)29-11-5-7-15(12-29)30-23-20(22(24)25-13-26-23)21(28-30)18-10-9-17(32-18)16-8-4-6-14(2)27-16/h3-4,6,8-10,13,15H,1,5,7,11-12H2,2H3,(H2,24,25,26)/t15-/m1/s1. The molecule has 5 rings (SSSR count). The van der Waals surface area contributed by atoms with Crippen molar-refractivity contribution in [3.05, 3.63) is 55.0 Å². The van der Waals surface area contributed by atoms with Gasteiger partial charge in [0, 0.05) is 18.8 Å². The van der Waals surface area contributed by atoms with Crippen LogP contribution in [0, 0.1) is 6.92 Å². The molecule has 1 fully saturated rings. The third-order valence-electron chi connectivity index (χ3n) is 5.73. The van der Waals surface area contributed by atoms with E-state index in [-0.39, 0.29) is 11.9 Å². The molecule has 4 aromatic rings. The Morgan fingerprint density at radius 1 is 1.25 bits per heavy atom. The molecule has 1 saturated heterocycles. The van der Waals surface area contributed by atoms with Crippen molar-refractivity contribution >= 4 is 34.1 Å². The lowest BCUT2D eigenvalue weighted by Crippen LogP contribution is -2.40. The molecule has 2 N–H and O–H groups in total. The number of hydrogen-bond donors (Lipinski definition) is 1. The predicted octanol–water partition coefficient (Wildman–Crippen LogP) is 3.86. The molecule has 1 amide bonds. The zero-order chi connectivity index (χ0) is 22.2. The zero-order valence-electron chi connectivity index (χ0n) is 17.7. The van der Waals surface area contributed by atoms with Crippen molar-refractivity contribution in [1.29, 1.82) is 0 Å². The number of aromatic nitrogens is 5. The van der Waals surface area contributed by atoms with Gasteiger partial charge in [-0.05, 0) is 50.1 Å². The molecule has 9 heteroatoms. The summed E-state index contributed by atoms with van der Waals surface area (Å²) in [5, 5.41) is 5.69. The third-order valence-corrected chi connectivity index (χ3v) is 6.84. The first-order valence-corrected chi connectivity index (χ1v) is 11.3. The van der Waals surface area contributed by atoms with Crippen LogP contribution in [0.2, 0.25) is 0 Å². The minimum atomic E-state index is -0.0610. The molecule has 0 unspecified atom stereocenters. The number of carbonyl (C=O) groups is 1. The number of fused-ring (bicyclic) bond motifs is 1. The van der Waals surface area contributed by atoms with Gasteiger partial charge in [-0.25, -0.2) is 14.6 Å². The van der Waals surface area contributed by atoms with Crippen LogP contribution in [0.5, 0.6) is 0 Å². The number of nitrogens with zero attached hydrogens (tertiary/aromatic N) is 6. The second-order valence-electron chi connectivity index (χ2n) is 7.86. The number of rotatable bonds is 4. The van der Waals surface area contributed by atoms with E-state index in [1.807, 2.05) is 40.8 Å². The van der Waals surface area contributed by atoms with Crippen molar-refractivity contribution in [2.24, 2.45) is 0 Å². The van der Waals surface area contributed by atoms with Crippen LogP contribution < -0.4 is 5.73 Å². The number of likely N-dealkylation sites (tertiary alicyclic amines) is 1. The lowest BCUT2D eigenvalue weighted by Gasteiger charge is -2.32. The lowest BCUT2D eigenvalue weighted by molar-refractivity contribution is -0.127. The van der Waals surface area contributed by atoms with Crippen LogP contribution in [-0.4, -0.2) is 48.6 Å². The number of nitrogens with two attached hydrogens (primary N) is 1. The van der Waals surface area contributed by atoms with E-state index in [0.717, 1.165) is 51.6 Å². The number of pyridine rings is 1. The van der Waals surface area contributed by atoms with Crippen LogP contribution in [0.1, 0.15) is 24.6 Å². The molecule has 0 aliphatic carbocycles. The van der Waals surface area contributed by atoms with Crippen LogP contribution in [0.15, 0.2) is 49.3 Å². The maximum atomic E-state index is 12.2. The maximum Gasteiger partial charge on any atom is 0.246 e. The number of piperidine rings is 1. The van der Waals surface area contributed by atoms with Gasteiger partial charge in [0.1, 0.15) is 17.8 Å². The smallest absolute Gasteiger partial charge is 0.246 e. The molecule has 1 atom stereocenters. The van der Waals surface area contributed by atoms with E-state index in [1.54, 1.807) is 11.3 Å². The molecule has 1 aliphatic heterocycles. The fraction of sp³-hybridized carbons (Fsp3) is 0.261. The van der Waals surface area contributed by atoms with Crippen molar-refractivity contribution in [3.63, 3.8) is 0 Å². The van der Waals surface area contributed by atoms with Crippen LogP contribution in [0.25, 0.3) is 32.2 Å². The van der Waals surface area contributed by atoms with Crippen molar-refractivity contribution in [1.82, 2.24) is 29.6 Å². The summed E-state index contributed by atoms with van der Waals surface area (Å²) in [7, 11) is 0. The quantitative estimate of drug-likeness (QED) is 0.479. The highest BCUT2D eigenvalue weighted by Crippen LogP contribution is 2.39. The first-order valence-electron chi connectivity index (χ1n) is 10.5. The number of nitrogen functional groups attached to an aromatic ring is 1. The minimum absolute atomic E-state index is 0.0103. The van der Waals surface area contributed by atoms with Crippen LogP contribution >= 0.6 is 11.3 Å². The van der Waals surface area contributed by atoms with Crippen molar-refractivity contribution < 1.29 is 4.79 Å². The Labute approximate surface area is 189 Å². The summed E-state index contributed by atoms with van der Waals surface area (Å²) in [6.45, 7) is 6.89. The largest absolute Gasteiger partial charge is 0.383 e. The number of aryl methyl sites for hydroxylation is 1. The van der Waals surface area contributed by atoms with Gasteiger partial charge >= 0.3 is 0 Å². The van der Waals surface area contributed by atoms with E-state index >= 15 is 0 Å². The van der Waals surface area contributed by atoms with E-state index in [4.69, 9.17) is 10.8 Å². The number of carbonyl (C=O) groups excluding carboxylic acids is 1. The second kappa shape index (κ2) is 8.16. The molecule has 162 valence electrons. The monoisotopic (exact) mass is 445 g/mol. The molecule has 0 aromatic carbocycles. The van der Waals surface area contributed by atoms with Gasteiger partial charge in [0.05, 0.1) is 26.9 Å². The Kier molecular flexibility index (Phi) is 5.18. The third kappa shape index (κ3) is 3.54. The summed E-state index contributed by atoms with van der Waals surface area (Å²) in [6, 6.07) is 10.1. The Morgan fingerprint density at radius 3 is 2.91 bits per heavy atom. The van der Waals surface area contributed by atoms with E-state index in [0.29, 0.717) is 18.0 Å². The molecule has 4 aromatic heterocycles. The SMILES string of the molecule is C=CC(=O)N1CCC[C@@H](n2nc(-c3ccc(-c4cccc(C)n4)s3)c3c(N)ncnc32)C1. The summed E-state index contributed by atoms with van der Waals surface area (Å²) < 4.78 is 1.91. The zero-order valence-corrected chi connectivity index (χ0v) is 18.5. The summed E-state index contributed by atoms with van der Waals surface area (Å²) in [6.07, 6.45) is 4.63. The molecule has 0 spiro atoms. The van der Waals surface area contributed by atoms with E-state index in [2.05, 4.69) is 27.6 Å². The van der Waals surface area contributed by atoms with Crippen LogP contribution in [-0.2, 0) is 4.79 Å². The minimum Gasteiger partial charge on any atom is -0.383 e. The fourth-order valence-corrected chi connectivity index (χ4v) is 5.16. The molecule has 32 heavy (non-hydrogen) atoms. The van der Waals surface area contributed by atoms with Gasteiger partial charge in [-0.2, -0.15) is 5.10 Å². The fourth-order valence-electron chi connectivity index (χ4n) is 4.19. The molecular formula is C23H23N7OS. The van der Waals surface area contributed by atoms with E-state index in [9.17, 15) is 4.79 Å². The number of hydrogen-bond acceptors (Lipinski definition) is 7. The highest BCUT2D eigenvalue weighted by atomic mass is 32.1. The summed E-state index contributed by atoms with van der Waals surface area (Å²) in [5.74, 6) is 0.337. The number of thiophene rings is 1. The highest BCUT2D eigenvalue weighted by molar-refractivity contribution is 7.18. The van der Waals surface area contributed by atoms with E-state index in [1.165, 1.54) is 12.4 Å². The lowest BCUT2D eigenvalue weighted by atomic mass is 10.1. The first kappa shape index (κ1) is 20.3. The average molecular weight is 446 g/mol.